The highest BCUT2D eigenvalue weighted by atomic mass is 16.6. The molecule has 0 aliphatic heterocycles. The van der Waals surface area contributed by atoms with Gasteiger partial charge in [-0.15, -0.1) is 5.10 Å². The highest BCUT2D eigenvalue weighted by Crippen LogP contribution is 2.28. The summed E-state index contributed by atoms with van der Waals surface area (Å²) in [6.07, 6.45) is 1.58. The smallest absolute Gasteiger partial charge is 0.311 e. The van der Waals surface area contributed by atoms with E-state index >= 15 is 0 Å². The Balaban J connectivity index is 1.75. The molecule has 0 aliphatic rings. The summed E-state index contributed by atoms with van der Waals surface area (Å²) < 4.78 is 5.53. The summed E-state index contributed by atoms with van der Waals surface area (Å²) in [5.41, 5.74) is 2.17. The first-order valence-electron chi connectivity index (χ1n) is 6.98. The van der Waals surface area contributed by atoms with Crippen LogP contribution in [0.5, 0.6) is 5.75 Å². The van der Waals surface area contributed by atoms with Crippen LogP contribution in [0.1, 0.15) is 11.3 Å². The van der Waals surface area contributed by atoms with Gasteiger partial charge in [0.05, 0.1) is 16.8 Å². The number of ether oxygens (including phenoxy) is 1. The molecule has 3 aromatic rings. The van der Waals surface area contributed by atoms with Gasteiger partial charge in [0, 0.05) is 6.07 Å². The first-order chi connectivity index (χ1) is 11.1. The molecule has 1 heterocycles. The summed E-state index contributed by atoms with van der Waals surface area (Å²) in [5, 5.41) is 19.5. The van der Waals surface area contributed by atoms with Crippen LogP contribution in [0, 0.1) is 17.0 Å². The quantitative estimate of drug-likeness (QED) is 0.534. The van der Waals surface area contributed by atoms with E-state index in [1.165, 1.54) is 10.9 Å². The molecule has 0 fully saturated rings. The van der Waals surface area contributed by atoms with Gasteiger partial charge in [0.2, 0.25) is 0 Å². The Kier molecular flexibility index (Phi) is 4.01. The molecular weight excluding hydrogens is 296 g/mol. The SMILES string of the molecule is Cc1ccc(OCc2cnn(-c3ccccc3)n2)c([N+](=O)[O-])c1. The number of nitrogens with zero attached hydrogens (tertiary/aromatic N) is 4. The monoisotopic (exact) mass is 310 g/mol. The van der Waals surface area contributed by atoms with Crippen LogP contribution in [0.25, 0.3) is 5.69 Å². The summed E-state index contributed by atoms with van der Waals surface area (Å²) in [6, 6.07) is 14.3. The molecule has 7 heteroatoms. The lowest BCUT2D eigenvalue weighted by atomic mass is 10.2. The summed E-state index contributed by atoms with van der Waals surface area (Å²) in [4.78, 5) is 12.1. The van der Waals surface area contributed by atoms with E-state index in [1.807, 2.05) is 30.3 Å². The number of nitro benzene ring substituents is 1. The Morgan fingerprint density at radius 1 is 1.22 bits per heavy atom. The van der Waals surface area contributed by atoms with E-state index in [4.69, 9.17) is 4.74 Å². The molecule has 0 spiro atoms. The van der Waals surface area contributed by atoms with E-state index in [2.05, 4.69) is 10.2 Å². The molecule has 7 nitrogen and oxygen atoms in total. The molecule has 0 radical (unpaired) electrons. The fourth-order valence-corrected chi connectivity index (χ4v) is 2.09. The largest absolute Gasteiger partial charge is 0.480 e. The average molecular weight is 310 g/mol. The number of aryl methyl sites for hydroxylation is 1. The van der Waals surface area contributed by atoms with Gasteiger partial charge in [-0.05, 0) is 30.7 Å². The standard InChI is InChI=1S/C16H14N4O3/c1-12-7-8-16(15(9-12)20(21)22)23-11-13-10-17-19(18-13)14-5-3-2-4-6-14/h2-10H,11H2,1H3. The van der Waals surface area contributed by atoms with Crippen molar-refractivity contribution in [3.63, 3.8) is 0 Å². The summed E-state index contributed by atoms with van der Waals surface area (Å²) in [7, 11) is 0. The van der Waals surface area contributed by atoms with Gasteiger partial charge >= 0.3 is 5.69 Å². The third-order valence-corrected chi connectivity index (χ3v) is 3.21. The molecule has 0 atom stereocenters. The maximum atomic E-state index is 11.1. The molecule has 3 rings (SSSR count). The van der Waals surface area contributed by atoms with E-state index in [0.717, 1.165) is 11.3 Å². The van der Waals surface area contributed by atoms with E-state index in [-0.39, 0.29) is 18.0 Å². The van der Waals surface area contributed by atoms with Crippen molar-refractivity contribution in [2.75, 3.05) is 0 Å². The molecule has 0 saturated heterocycles. The average Bonchev–Trinajstić information content (AvgIpc) is 3.03. The van der Waals surface area contributed by atoms with Crippen LogP contribution in [0.2, 0.25) is 0 Å². The highest BCUT2D eigenvalue weighted by molar-refractivity contribution is 5.48. The highest BCUT2D eigenvalue weighted by Gasteiger charge is 2.15. The van der Waals surface area contributed by atoms with Crippen molar-refractivity contribution in [1.82, 2.24) is 15.0 Å². The number of hydrogen-bond acceptors (Lipinski definition) is 5. The van der Waals surface area contributed by atoms with Crippen LogP contribution in [-0.4, -0.2) is 19.9 Å². The van der Waals surface area contributed by atoms with E-state index in [1.54, 1.807) is 25.3 Å². The Morgan fingerprint density at radius 2 is 2.00 bits per heavy atom. The zero-order valence-electron chi connectivity index (χ0n) is 12.4. The van der Waals surface area contributed by atoms with Crippen molar-refractivity contribution >= 4 is 5.69 Å². The molecule has 0 N–H and O–H groups in total. The summed E-state index contributed by atoms with van der Waals surface area (Å²) in [5.74, 6) is 0.217. The zero-order valence-corrected chi connectivity index (χ0v) is 12.4. The van der Waals surface area contributed by atoms with Crippen molar-refractivity contribution in [2.24, 2.45) is 0 Å². The Bertz CT molecular complexity index is 830. The van der Waals surface area contributed by atoms with Crippen LogP contribution in [0.15, 0.2) is 54.7 Å². The predicted molar refractivity (Wildman–Crippen MR) is 83.5 cm³/mol. The fourth-order valence-electron chi connectivity index (χ4n) is 2.09. The van der Waals surface area contributed by atoms with Gasteiger partial charge in [0.15, 0.2) is 5.75 Å². The topological polar surface area (TPSA) is 83.1 Å². The van der Waals surface area contributed by atoms with E-state index in [9.17, 15) is 10.1 Å². The maximum absolute atomic E-state index is 11.1. The van der Waals surface area contributed by atoms with Crippen LogP contribution < -0.4 is 4.74 Å². The first kappa shape index (κ1) is 14.7. The minimum Gasteiger partial charge on any atom is -0.480 e. The van der Waals surface area contributed by atoms with Gasteiger partial charge in [0.1, 0.15) is 12.3 Å². The lowest BCUT2D eigenvalue weighted by Gasteiger charge is -2.05. The zero-order chi connectivity index (χ0) is 16.2. The van der Waals surface area contributed by atoms with E-state index in [0.29, 0.717) is 5.69 Å². The Hall–Kier alpha value is -3.22. The summed E-state index contributed by atoms with van der Waals surface area (Å²) in [6.45, 7) is 1.90. The molecule has 116 valence electrons. The number of aromatic nitrogens is 3. The van der Waals surface area contributed by atoms with Gasteiger partial charge in [-0.3, -0.25) is 10.1 Å². The molecule has 0 unspecified atom stereocenters. The Labute approximate surface area is 132 Å². The van der Waals surface area contributed by atoms with Crippen LogP contribution in [0.4, 0.5) is 5.69 Å². The molecule has 1 aromatic heterocycles. The molecule has 2 aromatic carbocycles. The second-order valence-electron chi connectivity index (χ2n) is 4.98. The number of para-hydroxylation sites is 1. The third-order valence-electron chi connectivity index (χ3n) is 3.21. The van der Waals surface area contributed by atoms with Crippen molar-refractivity contribution in [3.8, 4) is 11.4 Å². The second kappa shape index (κ2) is 6.27. The number of hydrogen-bond donors (Lipinski definition) is 0. The van der Waals surface area contributed by atoms with Crippen molar-refractivity contribution in [3.05, 3.63) is 76.1 Å². The number of nitro groups is 1. The minimum atomic E-state index is -0.455. The van der Waals surface area contributed by atoms with Crippen LogP contribution >= 0.6 is 0 Å². The lowest BCUT2D eigenvalue weighted by molar-refractivity contribution is -0.386. The predicted octanol–water partition coefficient (Wildman–Crippen LogP) is 3.06. The van der Waals surface area contributed by atoms with Gasteiger partial charge < -0.3 is 4.74 Å². The van der Waals surface area contributed by atoms with Gasteiger partial charge in [0.25, 0.3) is 0 Å². The molecule has 0 amide bonds. The maximum Gasteiger partial charge on any atom is 0.311 e. The minimum absolute atomic E-state index is 0.0551. The molecular formula is C16H14N4O3. The first-order valence-corrected chi connectivity index (χ1v) is 6.98. The Morgan fingerprint density at radius 3 is 2.74 bits per heavy atom. The van der Waals surface area contributed by atoms with Crippen LogP contribution in [0.3, 0.4) is 0 Å². The number of benzene rings is 2. The van der Waals surface area contributed by atoms with Gasteiger partial charge in [-0.2, -0.15) is 9.90 Å². The van der Waals surface area contributed by atoms with Crippen molar-refractivity contribution in [1.29, 1.82) is 0 Å². The second-order valence-corrected chi connectivity index (χ2v) is 4.98. The molecule has 0 saturated carbocycles. The molecule has 0 aliphatic carbocycles. The molecule has 0 bridgehead atoms. The number of rotatable bonds is 5. The molecule has 23 heavy (non-hydrogen) atoms. The van der Waals surface area contributed by atoms with E-state index < -0.39 is 4.92 Å². The normalized spacial score (nSPS) is 10.5. The van der Waals surface area contributed by atoms with Crippen molar-refractivity contribution in [2.45, 2.75) is 13.5 Å². The fraction of sp³-hybridized carbons (Fsp3) is 0.125. The third kappa shape index (κ3) is 3.34. The van der Waals surface area contributed by atoms with Gasteiger partial charge in [-0.25, -0.2) is 0 Å². The van der Waals surface area contributed by atoms with Crippen LogP contribution in [-0.2, 0) is 6.61 Å². The van der Waals surface area contributed by atoms with Crippen molar-refractivity contribution < 1.29 is 9.66 Å². The summed E-state index contributed by atoms with van der Waals surface area (Å²) >= 11 is 0. The lowest BCUT2D eigenvalue weighted by Crippen LogP contribution is -2.02. The van der Waals surface area contributed by atoms with Gasteiger partial charge in [-0.1, -0.05) is 24.3 Å².